The van der Waals surface area contributed by atoms with Crippen LogP contribution in [0.1, 0.15) is 43.5 Å². The van der Waals surface area contributed by atoms with E-state index in [1.165, 1.54) is 23.2 Å². The molecule has 0 spiro atoms. The van der Waals surface area contributed by atoms with E-state index in [1.54, 1.807) is 11.8 Å². The standard InChI is InChI=1S/C21H28ClN3OS/c1-3-24(4-2)13-14-25-19-8-6-5-7-18(19)20(23-21(25)26)27-15-16-9-11-17(22)12-10-16/h9-12H,3-8,13-15H2,1-2H3. The predicted octanol–water partition coefficient (Wildman–Crippen LogP) is 4.41. The second kappa shape index (κ2) is 9.76. The Labute approximate surface area is 170 Å². The molecule has 27 heavy (non-hydrogen) atoms. The first-order valence-corrected chi connectivity index (χ1v) is 11.2. The van der Waals surface area contributed by atoms with E-state index in [-0.39, 0.29) is 5.69 Å². The summed E-state index contributed by atoms with van der Waals surface area (Å²) in [5.74, 6) is 0.805. The van der Waals surface area contributed by atoms with E-state index in [9.17, 15) is 4.79 Å². The number of fused-ring (bicyclic) bond motifs is 1. The molecule has 1 heterocycles. The van der Waals surface area contributed by atoms with Crippen molar-refractivity contribution in [3.8, 4) is 0 Å². The van der Waals surface area contributed by atoms with E-state index in [0.717, 1.165) is 61.2 Å². The maximum Gasteiger partial charge on any atom is 0.348 e. The minimum atomic E-state index is -0.0959. The molecule has 146 valence electrons. The zero-order chi connectivity index (χ0) is 19.2. The van der Waals surface area contributed by atoms with Crippen LogP contribution < -0.4 is 5.69 Å². The van der Waals surface area contributed by atoms with Gasteiger partial charge in [0.15, 0.2) is 0 Å². The second-order valence-electron chi connectivity index (χ2n) is 6.93. The Hall–Kier alpha value is -1.30. The Morgan fingerprint density at radius 3 is 2.56 bits per heavy atom. The topological polar surface area (TPSA) is 38.1 Å². The van der Waals surface area contributed by atoms with E-state index < -0.39 is 0 Å². The number of halogens is 1. The summed E-state index contributed by atoms with van der Waals surface area (Å²) in [7, 11) is 0. The Morgan fingerprint density at radius 2 is 1.85 bits per heavy atom. The Morgan fingerprint density at radius 1 is 1.15 bits per heavy atom. The van der Waals surface area contributed by atoms with Gasteiger partial charge in [-0.3, -0.25) is 4.57 Å². The van der Waals surface area contributed by atoms with Crippen molar-refractivity contribution < 1.29 is 0 Å². The zero-order valence-electron chi connectivity index (χ0n) is 16.2. The summed E-state index contributed by atoms with van der Waals surface area (Å²) in [5, 5.41) is 1.67. The van der Waals surface area contributed by atoms with Crippen LogP contribution in [0.15, 0.2) is 34.1 Å². The maximum atomic E-state index is 12.8. The van der Waals surface area contributed by atoms with Gasteiger partial charge in [-0.15, -0.1) is 11.8 Å². The molecule has 0 aliphatic heterocycles. The number of aromatic nitrogens is 2. The number of hydrogen-bond donors (Lipinski definition) is 0. The van der Waals surface area contributed by atoms with Gasteiger partial charge in [-0.25, -0.2) is 4.79 Å². The number of benzene rings is 1. The Balaban J connectivity index is 1.82. The zero-order valence-corrected chi connectivity index (χ0v) is 17.8. The van der Waals surface area contributed by atoms with Crippen molar-refractivity contribution in [3.05, 3.63) is 56.6 Å². The average Bonchev–Trinajstić information content (AvgIpc) is 2.69. The third-order valence-corrected chi connectivity index (χ3v) is 6.61. The number of hydrogen-bond acceptors (Lipinski definition) is 4. The highest BCUT2D eigenvalue weighted by molar-refractivity contribution is 7.98. The smallest absolute Gasteiger partial charge is 0.302 e. The molecular weight excluding hydrogens is 378 g/mol. The molecule has 0 atom stereocenters. The lowest BCUT2D eigenvalue weighted by molar-refractivity contribution is 0.285. The van der Waals surface area contributed by atoms with Crippen LogP contribution in [0.3, 0.4) is 0 Å². The van der Waals surface area contributed by atoms with Gasteiger partial charge in [0.05, 0.1) is 0 Å². The Kier molecular flexibility index (Phi) is 7.39. The average molecular weight is 406 g/mol. The van der Waals surface area contributed by atoms with Crippen LogP contribution in [0.4, 0.5) is 0 Å². The van der Waals surface area contributed by atoms with E-state index in [2.05, 4.69) is 23.7 Å². The summed E-state index contributed by atoms with van der Waals surface area (Å²) in [6, 6.07) is 7.89. The van der Waals surface area contributed by atoms with Crippen LogP contribution in [0.2, 0.25) is 5.02 Å². The van der Waals surface area contributed by atoms with Gasteiger partial charge in [-0.2, -0.15) is 4.98 Å². The van der Waals surface area contributed by atoms with Gasteiger partial charge in [-0.05, 0) is 56.5 Å². The monoisotopic (exact) mass is 405 g/mol. The van der Waals surface area contributed by atoms with Gasteiger partial charge >= 0.3 is 5.69 Å². The molecule has 1 aromatic heterocycles. The van der Waals surface area contributed by atoms with Gasteiger partial charge in [0, 0.05) is 35.1 Å². The van der Waals surface area contributed by atoms with Crippen molar-refractivity contribution in [1.29, 1.82) is 0 Å². The lowest BCUT2D eigenvalue weighted by Crippen LogP contribution is -2.35. The van der Waals surface area contributed by atoms with Gasteiger partial charge in [0.1, 0.15) is 5.03 Å². The van der Waals surface area contributed by atoms with Gasteiger partial charge in [0.2, 0.25) is 0 Å². The SMILES string of the molecule is CCN(CC)CCn1c2c(c(SCc3ccc(Cl)cc3)nc1=O)CCCC2. The molecule has 6 heteroatoms. The molecule has 0 amide bonds. The fourth-order valence-electron chi connectivity index (χ4n) is 3.61. The first kappa shape index (κ1) is 20.4. The highest BCUT2D eigenvalue weighted by Gasteiger charge is 2.20. The molecule has 3 rings (SSSR count). The van der Waals surface area contributed by atoms with Crippen molar-refractivity contribution in [2.45, 2.75) is 56.9 Å². The number of nitrogens with zero attached hydrogens (tertiary/aromatic N) is 3. The van der Waals surface area contributed by atoms with Gasteiger partial charge < -0.3 is 4.90 Å². The van der Waals surface area contributed by atoms with E-state index >= 15 is 0 Å². The molecule has 2 aromatic rings. The van der Waals surface area contributed by atoms with Crippen LogP contribution in [0.5, 0.6) is 0 Å². The first-order valence-electron chi connectivity index (χ1n) is 9.84. The number of rotatable bonds is 8. The molecule has 0 saturated carbocycles. The highest BCUT2D eigenvalue weighted by atomic mass is 35.5. The lowest BCUT2D eigenvalue weighted by Gasteiger charge is -2.24. The van der Waals surface area contributed by atoms with Gasteiger partial charge in [0.25, 0.3) is 0 Å². The fourth-order valence-corrected chi connectivity index (χ4v) is 4.77. The highest BCUT2D eigenvalue weighted by Crippen LogP contribution is 2.30. The summed E-state index contributed by atoms with van der Waals surface area (Å²) >= 11 is 7.64. The Bertz CT molecular complexity index is 815. The molecule has 0 bridgehead atoms. The van der Waals surface area contributed by atoms with Gasteiger partial charge in [-0.1, -0.05) is 37.6 Å². The molecule has 0 radical (unpaired) electrons. The van der Waals surface area contributed by atoms with Crippen molar-refractivity contribution in [2.75, 3.05) is 19.6 Å². The van der Waals surface area contributed by atoms with Crippen LogP contribution in [-0.2, 0) is 25.1 Å². The summed E-state index contributed by atoms with van der Waals surface area (Å²) in [4.78, 5) is 19.6. The van der Waals surface area contributed by atoms with E-state index in [1.807, 2.05) is 28.8 Å². The van der Waals surface area contributed by atoms with Crippen molar-refractivity contribution in [3.63, 3.8) is 0 Å². The maximum absolute atomic E-state index is 12.8. The molecule has 0 fully saturated rings. The summed E-state index contributed by atoms with van der Waals surface area (Å²) in [6.07, 6.45) is 4.34. The largest absolute Gasteiger partial charge is 0.348 e. The molecule has 1 aliphatic carbocycles. The lowest BCUT2D eigenvalue weighted by atomic mass is 9.97. The summed E-state index contributed by atoms with van der Waals surface area (Å²) in [6.45, 7) is 7.98. The first-order chi connectivity index (χ1) is 13.1. The molecular formula is C21H28ClN3OS. The third kappa shape index (κ3) is 5.15. The molecule has 0 unspecified atom stereocenters. The van der Waals surface area contributed by atoms with Crippen LogP contribution >= 0.6 is 23.4 Å². The minimum Gasteiger partial charge on any atom is -0.302 e. The van der Waals surface area contributed by atoms with Crippen LogP contribution in [-0.4, -0.2) is 34.1 Å². The van der Waals surface area contributed by atoms with E-state index in [0.29, 0.717) is 0 Å². The quantitative estimate of drug-likeness (QED) is 0.481. The van der Waals surface area contributed by atoms with E-state index in [4.69, 9.17) is 11.6 Å². The minimum absolute atomic E-state index is 0.0959. The predicted molar refractivity (Wildman–Crippen MR) is 114 cm³/mol. The molecule has 0 N–H and O–H groups in total. The second-order valence-corrected chi connectivity index (χ2v) is 8.33. The molecule has 0 saturated heterocycles. The summed E-state index contributed by atoms with van der Waals surface area (Å²) < 4.78 is 1.93. The normalized spacial score (nSPS) is 13.8. The summed E-state index contributed by atoms with van der Waals surface area (Å²) in [5.41, 5.74) is 3.61. The van der Waals surface area contributed by atoms with Crippen molar-refractivity contribution >= 4 is 23.4 Å². The number of thioether (sulfide) groups is 1. The fraction of sp³-hybridized carbons (Fsp3) is 0.524. The van der Waals surface area contributed by atoms with Crippen molar-refractivity contribution in [2.24, 2.45) is 0 Å². The van der Waals surface area contributed by atoms with Crippen molar-refractivity contribution in [1.82, 2.24) is 14.5 Å². The number of likely N-dealkylation sites (N-methyl/N-ethyl adjacent to an activating group) is 1. The third-order valence-electron chi connectivity index (χ3n) is 5.27. The molecule has 1 aliphatic rings. The molecule has 4 nitrogen and oxygen atoms in total. The molecule has 1 aromatic carbocycles. The van der Waals surface area contributed by atoms with Crippen LogP contribution in [0, 0.1) is 0 Å². The van der Waals surface area contributed by atoms with Crippen LogP contribution in [0.25, 0.3) is 0 Å².